The standard InChI is InChI=1S/C10H7Cl2NO2/c1-15-10(14)8-3-9(12)7(5-13)2-6(8)4-11/h2-3H,4H2,1H3. The smallest absolute Gasteiger partial charge is 0.338 e. The molecule has 78 valence electrons. The lowest BCUT2D eigenvalue weighted by Gasteiger charge is -2.06. The van der Waals surface area contributed by atoms with Crippen LogP contribution in [0.5, 0.6) is 0 Å². The summed E-state index contributed by atoms with van der Waals surface area (Å²) in [6.45, 7) is 0. The number of hydrogen-bond acceptors (Lipinski definition) is 3. The predicted molar refractivity (Wildman–Crippen MR) is 57.1 cm³/mol. The molecule has 0 spiro atoms. The van der Waals surface area contributed by atoms with Crippen LogP contribution in [0.2, 0.25) is 5.02 Å². The third-order valence-electron chi connectivity index (χ3n) is 1.86. The Balaban J connectivity index is 3.35. The summed E-state index contributed by atoms with van der Waals surface area (Å²) in [6, 6.07) is 4.79. The SMILES string of the molecule is COC(=O)c1cc(Cl)c(C#N)cc1CCl. The first-order valence-electron chi connectivity index (χ1n) is 4.00. The minimum Gasteiger partial charge on any atom is -0.465 e. The highest BCUT2D eigenvalue weighted by atomic mass is 35.5. The Morgan fingerprint density at radius 1 is 1.60 bits per heavy atom. The molecule has 0 amide bonds. The monoisotopic (exact) mass is 243 g/mol. The second-order valence-corrected chi connectivity index (χ2v) is 3.40. The Kier molecular flexibility index (Phi) is 3.96. The lowest BCUT2D eigenvalue weighted by molar-refractivity contribution is 0.0600. The number of benzene rings is 1. The fourth-order valence-electron chi connectivity index (χ4n) is 1.11. The van der Waals surface area contributed by atoms with Crippen LogP contribution >= 0.6 is 23.2 Å². The summed E-state index contributed by atoms with van der Waals surface area (Å²) >= 11 is 11.4. The molecule has 0 N–H and O–H groups in total. The number of esters is 1. The third-order valence-corrected chi connectivity index (χ3v) is 2.46. The first-order valence-corrected chi connectivity index (χ1v) is 4.92. The van der Waals surface area contributed by atoms with Gasteiger partial charge in [-0.25, -0.2) is 4.79 Å². The maximum atomic E-state index is 11.3. The van der Waals surface area contributed by atoms with Crippen LogP contribution in [0.25, 0.3) is 0 Å². The molecule has 5 heteroatoms. The van der Waals surface area contributed by atoms with Gasteiger partial charge in [-0.3, -0.25) is 0 Å². The molecule has 0 fully saturated rings. The van der Waals surface area contributed by atoms with Crippen molar-refractivity contribution in [1.82, 2.24) is 0 Å². The minimum atomic E-state index is -0.517. The van der Waals surface area contributed by atoms with Gasteiger partial charge >= 0.3 is 5.97 Å². The van der Waals surface area contributed by atoms with Gasteiger partial charge in [-0.05, 0) is 17.7 Å². The predicted octanol–water partition coefficient (Wildman–Crippen LogP) is 2.74. The second-order valence-electron chi connectivity index (χ2n) is 2.73. The zero-order valence-corrected chi connectivity index (χ0v) is 9.39. The number of carbonyl (C=O) groups is 1. The quantitative estimate of drug-likeness (QED) is 0.593. The first-order chi connectivity index (χ1) is 7.13. The van der Waals surface area contributed by atoms with Crippen LogP contribution in [0.15, 0.2) is 12.1 Å². The number of alkyl halides is 1. The average Bonchev–Trinajstić information content (AvgIpc) is 2.27. The molecule has 0 saturated carbocycles. The molecule has 1 aromatic rings. The van der Waals surface area contributed by atoms with Crippen molar-refractivity contribution in [3.8, 4) is 6.07 Å². The Labute approximate surface area is 97.2 Å². The van der Waals surface area contributed by atoms with E-state index in [2.05, 4.69) is 4.74 Å². The van der Waals surface area contributed by atoms with Crippen molar-refractivity contribution < 1.29 is 9.53 Å². The number of methoxy groups -OCH3 is 1. The van der Waals surface area contributed by atoms with Crippen LogP contribution in [-0.4, -0.2) is 13.1 Å². The number of halogens is 2. The zero-order chi connectivity index (χ0) is 11.4. The average molecular weight is 244 g/mol. The molecule has 0 bridgehead atoms. The Bertz CT molecular complexity index is 438. The highest BCUT2D eigenvalue weighted by molar-refractivity contribution is 6.32. The Hall–Kier alpha value is -1.24. The molecular formula is C10H7Cl2NO2. The molecule has 0 atom stereocenters. The van der Waals surface area contributed by atoms with Crippen molar-refractivity contribution in [2.24, 2.45) is 0 Å². The Morgan fingerprint density at radius 2 is 2.27 bits per heavy atom. The largest absolute Gasteiger partial charge is 0.465 e. The van der Waals surface area contributed by atoms with Crippen molar-refractivity contribution in [1.29, 1.82) is 5.26 Å². The van der Waals surface area contributed by atoms with E-state index >= 15 is 0 Å². The molecule has 0 aliphatic heterocycles. The van der Waals surface area contributed by atoms with E-state index in [4.69, 9.17) is 28.5 Å². The summed E-state index contributed by atoms with van der Waals surface area (Å²) < 4.78 is 4.57. The van der Waals surface area contributed by atoms with Crippen molar-refractivity contribution >= 4 is 29.2 Å². The van der Waals surface area contributed by atoms with Gasteiger partial charge in [0.1, 0.15) is 6.07 Å². The number of hydrogen-bond donors (Lipinski definition) is 0. The lowest BCUT2D eigenvalue weighted by Crippen LogP contribution is -2.05. The molecule has 0 saturated heterocycles. The van der Waals surface area contributed by atoms with Crippen molar-refractivity contribution in [3.05, 3.63) is 33.8 Å². The van der Waals surface area contributed by atoms with Crippen LogP contribution in [-0.2, 0) is 10.6 Å². The highest BCUT2D eigenvalue weighted by Gasteiger charge is 2.14. The van der Waals surface area contributed by atoms with Gasteiger partial charge in [0.15, 0.2) is 0 Å². The molecule has 0 aromatic heterocycles. The third kappa shape index (κ3) is 2.41. The number of carbonyl (C=O) groups excluding carboxylic acids is 1. The molecule has 15 heavy (non-hydrogen) atoms. The molecule has 0 aliphatic carbocycles. The maximum Gasteiger partial charge on any atom is 0.338 e. The summed E-state index contributed by atoms with van der Waals surface area (Å²) in [5, 5.41) is 8.95. The van der Waals surface area contributed by atoms with E-state index in [1.807, 2.05) is 6.07 Å². The van der Waals surface area contributed by atoms with Gasteiger partial charge in [-0.1, -0.05) is 11.6 Å². The molecule has 0 radical (unpaired) electrons. The molecule has 3 nitrogen and oxygen atoms in total. The van der Waals surface area contributed by atoms with Gasteiger partial charge in [-0.2, -0.15) is 5.26 Å². The van der Waals surface area contributed by atoms with Gasteiger partial charge in [0.25, 0.3) is 0 Å². The summed E-state index contributed by atoms with van der Waals surface area (Å²) in [5.41, 5.74) is 1.11. The number of ether oxygens (including phenoxy) is 1. The van der Waals surface area contributed by atoms with Crippen LogP contribution in [0, 0.1) is 11.3 Å². The van der Waals surface area contributed by atoms with Gasteiger partial charge in [0, 0.05) is 5.88 Å². The summed E-state index contributed by atoms with van der Waals surface area (Å²) in [4.78, 5) is 11.3. The molecule has 0 unspecified atom stereocenters. The molecule has 0 heterocycles. The Morgan fingerprint density at radius 3 is 2.73 bits per heavy atom. The number of rotatable bonds is 2. The van der Waals surface area contributed by atoms with Crippen molar-refractivity contribution in [2.45, 2.75) is 5.88 Å². The van der Waals surface area contributed by atoms with E-state index in [-0.39, 0.29) is 16.5 Å². The highest BCUT2D eigenvalue weighted by Crippen LogP contribution is 2.23. The normalized spacial score (nSPS) is 9.47. The van der Waals surface area contributed by atoms with Gasteiger partial charge in [0.2, 0.25) is 0 Å². The van der Waals surface area contributed by atoms with Crippen LogP contribution in [0.4, 0.5) is 0 Å². The molecule has 1 aromatic carbocycles. The van der Waals surface area contributed by atoms with Crippen LogP contribution in [0.3, 0.4) is 0 Å². The minimum absolute atomic E-state index is 0.121. The topological polar surface area (TPSA) is 50.1 Å². The summed E-state index contributed by atoms with van der Waals surface area (Å²) in [5.74, 6) is -0.395. The van der Waals surface area contributed by atoms with Crippen LogP contribution in [0.1, 0.15) is 21.5 Å². The maximum absolute atomic E-state index is 11.3. The first kappa shape index (κ1) is 11.8. The summed E-state index contributed by atoms with van der Waals surface area (Å²) in [7, 11) is 1.27. The van der Waals surface area contributed by atoms with Crippen molar-refractivity contribution in [2.75, 3.05) is 7.11 Å². The number of nitrogens with zero attached hydrogens (tertiary/aromatic N) is 1. The second kappa shape index (κ2) is 5.01. The van der Waals surface area contributed by atoms with E-state index in [1.165, 1.54) is 19.2 Å². The summed E-state index contributed by atoms with van der Waals surface area (Å²) in [6.07, 6.45) is 0. The van der Waals surface area contributed by atoms with E-state index in [0.717, 1.165) is 0 Å². The molecular weight excluding hydrogens is 237 g/mol. The molecule has 1 rings (SSSR count). The van der Waals surface area contributed by atoms with E-state index < -0.39 is 5.97 Å². The zero-order valence-electron chi connectivity index (χ0n) is 7.88. The van der Waals surface area contributed by atoms with E-state index in [9.17, 15) is 4.79 Å². The molecule has 0 aliphatic rings. The van der Waals surface area contributed by atoms with E-state index in [0.29, 0.717) is 11.1 Å². The fourth-order valence-corrected chi connectivity index (χ4v) is 1.54. The van der Waals surface area contributed by atoms with Gasteiger partial charge in [0.05, 0.1) is 23.3 Å². The van der Waals surface area contributed by atoms with Crippen molar-refractivity contribution in [3.63, 3.8) is 0 Å². The van der Waals surface area contributed by atoms with E-state index in [1.54, 1.807) is 0 Å². The van der Waals surface area contributed by atoms with Gasteiger partial charge in [-0.15, -0.1) is 11.6 Å². The lowest BCUT2D eigenvalue weighted by atomic mass is 10.1. The van der Waals surface area contributed by atoms with Gasteiger partial charge < -0.3 is 4.74 Å². The fraction of sp³-hybridized carbons (Fsp3) is 0.200. The number of nitriles is 1. The van der Waals surface area contributed by atoms with Crippen LogP contribution < -0.4 is 0 Å².